The molecule has 0 unspecified atom stereocenters. The molecule has 0 amide bonds. The molecule has 0 aromatic carbocycles. The molecule has 1 fully saturated rings. The van der Waals surface area contributed by atoms with Gasteiger partial charge in [0.15, 0.2) is 5.76 Å². The highest BCUT2D eigenvalue weighted by Crippen LogP contribution is 2.32. The van der Waals surface area contributed by atoms with Crippen molar-refractivity contribution in [1.82, 2.24) is 0 Å². The third-order valence-electron chi connectivity index (χ3n) is 2.32. The second kappa shape index (κ2) is 3.05. The molecule has 0 aliphatic heterocycles. The lowest BCUT2D eigenvalue weighted by Crippen LogP contribution is -2.21. The molecule has 0 bridgehead atoms. The Balaban J connectivity index is 2.19. The van der Waals surface area contributed by atoms with Crippen LogP contribution in [0.4, 0.5) is 0 Å². The summed E-state index contributed by atoms with van der Waals surface area (Å²) in [6.07, 6.45) is 4.75. The normalized spacial score (nSPS) is 17.4. The quantitative estimate of drug-likeness (QED) is 0.729. The summed E-state index contributed by atoms with van der Waals surface area (Å²) in [5, 5.41) is 0. The van der Waals surface area contributed by atoms with Crippen molar-refractivity contribution in [3.63, 3.8) is 0 Å². The average Bonchev–Trinajstić information content (AvgIpc) is 2.31. The van der Waals surface area contributed by atoms with Gasteiger partial charge in [-0.1, -0.05) is 6.42 Å². The van der Waals surface area contributed by atoms with Crippen molar-refractivity contribution in [3.8, 4) is 0 Å². The largest absolute Gasteiger partial charge is 0.460 e. The minimum Gasteiger partial charge on any atom is -0.460 e. The predicted molar refractivity (Wildman–Crippen MR) is 48.1 cm³/mol. The van der Waals surface area contributed by atoms with Crippen LogP contribution in [-0.2, 0) is 0 Å². The summed E-state index contributed by atoms with van der Waals surface area (Å²) >= 11 is 3.27. The summed E-state index contributed by atoms with van der Waals surface area (Å²) in [6.45, 7) is 0. The van der Waals surface area contributed by atoms with E-state index in [0.717, 1.165) is 17.3 Å². The summed E-state index contributed by atoms with van der Waals surface area (Å²) in [5.41, 5.74) is 0. The lowest BCUT2D eigenvalue weighted by molar-refractivity contribution is 0.0824. The molecule has 0 atom stereocenters. The van der Waals surface area contributed by atoms with Crippen LogP contribution >= 0.6 is 15.9 Å². The number of carbonyl (C=O) groups is 1. The van der Waals surface area contributed by atoms with E-state index in [2.05, 4.69) is 15.9 Å². The first-order valence-corrected chi connectivity index (χ1v) is 4.85. The van der Waals surface area contributed by atoms with Crippen molar-refractivity contribution in [2.75, 3.05) is 0 Å². The van der Waals surface area contributed by atoms with Gasteiger partial charge in [0.25, 0.3) is 0 Å². The van der Waals surface area contributed by atoms with E-state index in [1.807, 2.05) is 0 Å². The van der Waals surface area contributed by atoms with E-state index in [9.17, 15) is 4.79 Å². The van der Waals surface area contributed by atoms with Gasteiger partial charge in [-0.15, -0.1) is 0 Å². The third kappa shape index (κ3) is 1.22. The maximum absolute atomic E-state index is 11.6. The lowest BCUT2D eigenvalue weighted by Gasteiger charge is -2.22. The van der Waals surface area contributed by atoms with Crippen molar-refractivity contribution in [2.24, 2.45) is 5.92 Å². The van der Waals surface area contributed by atoms with Crippen LogP contribution in [0.2, 0.25) is 0 Å². The smallest absolute Gasteiger partial charge is 0.202 e. The van der Waals surface area contributed by atoms with Gasteiger partial charge in [0.1, 0.15) is 0 Å². The van der Waals surface area contributed by atoms with Gasteiger partial charge in [0.2, 0.25) is 5.78 Å². The zero-order valence-corrected chi connectivity index (χ0v) is 8.13. The fourth-order valence-corrected chi connectivity index (χ4v) is 1.72. The van der Waals surface area contributed by atoms with E-state index in [-0.39, 0.29) is 11.7 Å². The molecule has 1 aliphatic carbocycles. The van der Waals surface area contributed by atoms with Gasteiger partial charge in [0, 0.05) is 5.92 Å². The second-order valence-corrected chi connectivity index (χ2v) is 3.94. The maximum atomic E-state index is 11.6. The van der Waals surface area contributed by atoms with Crippen LogP contribution in [0.1, 0.15) is 29.8 Å². The van der Waals surface area contributed by atoms with Gasteiger partial charge in [-0.05, 0) is 34.8 Å². The van der Waals surface area contributed by atoms with Gasteiger partial charge < -0.3 is 4.42 Å². The van der Waals surface area contributed by atoms with Crippen LogP contribution in [0, 0.1) is 5.92 Å². The maximum Gasteiger partial charge on any atom is 0.202 e. The Labute approximate surface area is 79.1 Å². The van der Waals surface area contributed by atoms with Crippen LogP contribution in [0.3, 0.4) is 0 Å². The molecule has 0 spiro atoms. The number of halogens is 1. The van der Waals surface area contributed by atoms with Gasteiger partial charge >= 0.3 is 0 Å². The SMILES string of the molecule is O=C(c1occc1Br)C1CCC1. The lowest BCUT2D eigenvalue weighted by atomic mass is 9.81. The van der Waals surface area contributed by atoms with Crippen molar-refractivity contribution in [1.29, 1.82) is 0 Å². The van der Waals surface area contributed by atoms with Crippen molar-refractivity contribution >= 4 is 21.7 Å². The van der Waals surface area contributed by atoms with Crippen LogP contribution in [-0.4, -0.2) is 5.78 Å². The van der Waals surface area contributed by atoms with E-state index in [0.29, 0.717) is 5.76 Å². The molecule has 1 heterocycles. The Kier molecular flexibility index (Phi) is 2.05. The zero-order valence-electron chi connectivity index (χ0n) is 6.55. The Morgan fingerprint density at radius 3 is 2.75 bits per heavy atom. The third-order valence-corrected chi connectivity index (χ3v) is 2.94. The number of hydrogen-bond acceptors (Lipinski definition) is 2. The van der Waals surface area contributed by atoms with Crippen molar-refractivity contribution in [2.45, 2.75) is 19.3 Å². The van der Waals surface area contributed by atoms with Crippen LogP contribution in [0.15, 0.2) is 21.2 Å². The molecular formula is C9H9BrO2. The molecule has 12 heavy (non-hydrogen) atoms. The number of furan rings is 1. The van der Waals surface area contributed by atoms with Gasteiger partial charge in [0.05, 0.1) is 10.7 Å². The topological polar surface area (TPSA) is 30.2 Å². The second-order valence-electron chi connectivity index (χ2n) is 3.09. The first-order chi connectivity index (χ1) is 5.79. The fourth-order valence-electron chi connectivity index (χ4n) is 1.33. The van der Waals surface area contributed by atoms with Gasteiger partial charge in [-0.25, -0.2) is 0 Å². The Morgan fingerprint density at radius 1 is 1.58 bits per heavy atom. The number of Topliss-reactive ketones (excluding diaryl/α,β-unsaturated/α-hetero) is 1. The van der Waals surface area contributed by atoms with Crippen molar-refractivity contribution < 1.29 is 9.21 Å². The molecule has 1 saturated carbocycles. The minimum absolute atomic E-state index is 0.151. The van der Waals surface area contributed by atoms with Crippen molar-refractivity contribution in [3.05, 3.63) is 22.6 Å². The molecule has 0 N–H and O–H groups in total. The highest BCUT2D eigenvalue weighted by atomic mass is 79.9. The number of hydrogen-bond donors (Lipinski definition) is 0. The van der Waals surface area contributed by atoms with E-state index >= 15 is 0 Å². The standard InChI is InChI=1S/C9H9BrO2/c10-7-4-5-12-9(7)8(11)6-2-1-3-6/h4-6H,1-3H2. The average molecular weight is 229 g/mol. The molecule has 0 saturated heterocycles. The first-order valence-electron chi connectivity index (χ1n) is 4.06. The molecule has 3 heteroatoms. The van der Waals surface area contributed by atoms with Gasteiger partial charge in [-0.2, -0.15) is 0 Å². The minimum atomic E-state index is 0.151. The molecule has 2 nitrogen and oxygen atoms in total. The van der Waals surface area contributed by atoms with E-state index in [1.165, 1.54) is 12.7 Å². The highest BCUT2D eigenvalue weighted by molar-refractivity contribution is 9.10. The Morgan fingerprint density at radius 2 is 2.33 bits per heavy atom. The molecule has 1 aromatic rings. The van der Waals surface area contributed by atoms with Crippen LogP contribution < -0.4 is 0 Å². The predicted octanol–water partition coefficient (Wildman–Crippen LogP) is 3.02. The summed E-state index contributed by atoms with van der Waals surface area (Å²) in [4.78, 5) is 11.6. The summed E-state index contributed by atoms with van der Waals surface area (Å²) < 4.78 is 5.86. The Hall–Kier alpha value is -0.570. The molecule has 0 radical (unpaired) electrons. The summed E-state index contributed by atoms with van der Waals surface area (Å²) in [5.74, 6) is 0.852. The molecular weight excluding hydrogens is 220 g/mol. The Bertz CT molecular complexity index is 299. The number of ketones is 1. The molecule has 1 aromatic heterocycles. The van der Waals surface area contributed by atoms with E-state index < -0.39 is 0 Å². The number of rotatable bonds is 2. The molecule has 64 valence electrons. The highest BCUT2D eigenvalue weighted by Gasteiger charge is 2.29. The summed E-state index contributed by atoms with van der Waals surface area (Å²) in [7, 11) is 0. The van der Waals surface area contributed by atoms with E-state index in [1.54, 1.807) is 6.07 Å². The molecule has 2 rings (SSSR count). The van der Waals surface area contributed by atoms with Crippen LogP contribution in [0.25, 0.3) is 0 Å². The van der Waals surface area contributed by atoms with Gasteiger partial charge in [-0.3, -0.25) is 4.79 Å². The summed E-state index contributed by atoms with van der Waals surface area (Å²) in [6, 6.07) is 1.76. The zero-order chi connectivity index (χ0) is 8.55. The van der Waals surface area contributed by atoms with E-state index in [4.69, 9.17) is 4.42 Å². The molecule has 1 aliphatic rings. The number of carbonyl (C=O) groups excluding carboxylic acids is 1. The first kappa shape index (κ1) is 8.05. The van der Waals surface area contributed by atoms with Crippen LogP contribution in [0.5, 0.6) is 0 Å². The monoisotopic (exact) mass is 228 g/mol. The fraction of sp³-hybridized carbons (Fsp3) is 0.444.